The molecule has 5 amide bonds. The maximum absolute atomic E-state index is 14.8. The second kappa shape index (κ2) is 16.8. The first-order valence-corrected chi connectivity index (χ1v) is 18.9. The fourth-order valence-corrected chi connectivity index (χ4v) is 7.92. The van der Waals surface area contributed by atoms with Gasteiger partial charge in [0.2, 0.25) is 29.4 Å². The van der Waals surface area contributed by atoms with Crippen LogP contribution in [0, 0.1) is 23.2 Å². The van der Waals surface area contributed by atoms with Crippen LogP contribution in [0.25, 0.3) is 0 Å². The van der Waals surface area contributed by atoms with Crippen LogP contribution in [0.1, 0.15) is 131 Å². The normalized spacial score (nSPS) is 25.4. The van der Waals surface area contributed by atoms with Crippen molar-refractivity contribution < 1.29 is 33.9 Å². The summed E-state index contributed by atoms with van der Waals surface area (Å²) in [6.07, 6.45) is 9.66. The minimum Gasteiger partial charge on any atom is -0.383 e. The van der Waals surface area contributed by atoms with Crippen LogP contribution in [-0.4, -0.2) is 87.7 Å². The second-order valence-electron chi connectivity index (χ2n) is 16.5. The fraction of sp³-hybridized carbons (Fsp3) is 0.838. The van der Waals surface area contributed by atoms with E-state index in [1.165, 1.54) is 0 Å². The van der Waals surface area contributed by atoms with Crippen LogP contribution >= 0.6 is 0 Å². The number of carbonyl (C=O) groups excluding carboxylic acids is 6. The molecule has 49 heavy (non-hydrogen) atoms. The molecule has 0 spiro atoms. The highest BCUT2D eigenvalue weighted by molar-refractivity contribution is 6.38. The Morgan fingerprint density at radius 2 is 1.45 bits per heavy atom. The number of aliphatic hydroxyl groups is 1. The van der Waals surface area contributed by atoms with Crippen molar-refractivity contribution >= 4 is 35.3 Å². The standard InChI is InChI=1S/C37H61N5O7/c1-7-13-25(30(44)35(48)38-24-18-19-24)39-32(45)27-20-23-16-11-12-17-26(23)42(27)36(49)31(37(4,5)6)41-33(46)28(22-14-9-8-10-15-22)40-34(47)29(43)21(2)3/h21-29,31,43H,7-20H2,1-6H3,(H,38,48)(H,39,45)(H,40,47)(H,41,46)/t23-,25-,26-,27-,28-,29-,31+/m0/s1. The smallest absolute Gasteiger partial charge is 0.289 e. The number of rotatable bonds is 14. The summed E-state index contributed by atoms with van der Waals surface area (Å²) in [6, 6.07) is -3.94. The van der Waals surface area contributed by atoms with Crippen LogP contribution in [0.4, 0.5) is 0 Å². The van der Waals surface area contributed by atoms with E-state index in [-0.39, 0.29) is 35.7 Å². The lowest BCUT2D eigenvalue weighted by molar-refractivity contribution is -0.148. The van der Waals surface area contributed by atoms with Crippen molar-refractivity contribution in [3.63, 3.8) is 0 Å². The first-order valence-electron chi connectivity index (χ1n) is 18.9. The van der Waals surface area contributed by atoms with Crippen LogP contribution in [0.2, 0.25) is 0 Å². The predicted octanol–water partition coefficient (Wildman–Crippen LogP) is 2.89. The Hall–Kier alpha value is -3.02. The highest BCUT2D eigenvalue weighted by Gasteiger charge is 2.51. The Labute approximate surface area is 292 Å². The van der Waals surface area contributed by atoms with Crippen LogP contribution in [-0.2, 0) is 28.8 Å². The van der Waals surface area contributed by atoms with Gasteiger partial charge in [0.05, 0.1) is 6.04 Å². The molecule has 0 unspecified atom stereocenters. The van der Waals surface area contributed by atoms with Crippen molar-refractivity contribution in [1.82, 2.24) is 26.2 Å². The number of ketones is 1. The van der Waals surface area contributed by atoms with Gasteiger partial charge in [-0.05, 0) is 74.5 Å². The maximum Gasteiger partial charge on any atom is 0.289 e. The summed E-state index contributed by atoms with van der Waals surface area (Å²) in [5, 5.41) is 21.9. The number of fused-ring (bicyclic) bond motifs is 1. The Morgan fingerprint density at radius 3 is 2.04 bits per heavy atom. The van der Waals surface area contributed by atoms with Gasteiger partial charge in [-0.3, -0.25) is 28.8 Å². The number of nitrogens with zero attached hydrogens (tertiary/aromatic N) is 1. The fourth-order valence-electron chi connectivity index (χ4n) is 7.92. The molecule has 12 heteroatoms. The van der Waals surface area contributed by atoms with E-state index in [2.05, 4.69) is 21.3 Å². The summed E-state index contributed by atoms with van der Waals surface area (Å²) in [6.45, 7) is 10.9. The van der Waals surface area contributed by atoms with Crippen LogP contribution in [0.15, 0.2) is 0 Å². The molecule has 0 radical (unpaired) electrons. The molecule has 1 saturated heterocycles. The van der Waals surface area contributed by atoms with E-state index in [0.29, 0.717) is 19.3 Å². The largest absolute Gasteiger partial charge is 0.383 e. The highest BCUT2D eigenvalue weighted by atomic mass is 16.3. The summed E-state index contributed by atoms with van der Waals surface area (Å²) in [5.41, 5.74) is -0.749. The molecule has 0 aromatic rings. The van der Waals surface area contributed by atoms with Gasteiger partial charge in [-0.15, -0.1) is 0 Å². The van der Waals surface area contributed by atoms with Crippen LogP contribution < -0.4 is 21.3 Å². The lowest BCUT2D eigenvalue weighted by Crippen LogP contribution is -2.63. The average molecular weight is 688 g/mol. The maximum atomic E-state index is 14.8. The third-order valence-electron chi connectivity index (χ3n) is 11.0. The number of carbonyl (C=O) groups is 6. The van der Waals surface area contributed by atoms with Crippen molar-refractivity contribution in [3.8, 4) is 0 Å². The molecule has 12 nitrogen and oxygen atoms in total. The van der Waals surface area contributed by atoms with Crippen LogP contribution in [0.5, 0.6) is 0 Å². The van der Waals surface area contributed by atoms with Gasteiger partial charge in [-0.1, -0.05) is 80.1 Å². The van der Waals surface area contributed by atoms with Gasteiger partial charge >= 0.3 is 0 Å². The van der Waals surface area contributed by atoms with Crippen molar-refractivity contribution in [2.24, 2.45) is 23.2 Å². The van der Waals surface area contributed by atoms with E-state index in [0.717, 1.165) is 70.6 Å². The number of amides is 5. The van der Waals surface area contributed by atoms with Gasteiger partial charge in [0.25, 0.3) is 5.91 Å². The molecule has 7 atom stereocenters. The molecule has 4 fully saturated rings. The molecule has 0 aromatic carbocycles. The predicted molar refractivity (Wildman–Crippen MR) is 185 cm³/mol. The van der Waals surface area contributed by atoms with Crippen molar-refractivity contribution in [2.45, 2.75) is 174 Å². The van der Waals surface area contributed by atoms with Gasteiger partial charge in [-0.25, -0.2) is 0 Å². The molecule has 3 aliphatic carbocycles. The average Bonchev–Trinajstić information content (AvgIpc) is 3.79. The number of likely N-dealkylation sites (tertiary alicyclic amines) is 1. The Morgan fingerprint density at radius 1 is 0.816 bits per heavy atom. The quantitative estimate of drug-likeness (QED) is 0.175. The first kappa shape index (κ1) is 38.8. The lowest BCUT2D eigenvalue weighted by atomic mass is 9.81. The molecule has 276 valence electrons. The van der Waals surface area contributed by atoms with E-state index in [1.807, 2.05) is 27.7 Å². The van der Waals surface area contributed by atoms with Gasteiger partial charge in [0.1, 0.15) is 24.2 Å². The summed E-state index contributed by atoms with van der Waals surface area (Å²) >= 11 is 0. The number of aliphatic hydroxyl groups excluding tert-OH is 1. The molecular formula is C37H61N5O7. The van der Waals surface area contributed by atoms with Gasteiger partial charge in [0, 0.05) is 12.1 Å². The van der Waals surface area contributed by atoms with Crippen molar-refractivity contribution in [1.29, 1.82) is 0 Å². The third-order valence-corrected chi connectivity index (χ3v) is 11.0. The van der Waals surface area contributed by atoms with Crippen LogP contribution in [0.3, 0.4) is 0 Å². The Balaban J connectivity index is 1.58. The lowest BCUT2D eigenvalue weighted by Gasteiger charge is -2.40. The van der Waals surface area contributed by atoms with E-state index < -0.39 is 65.1 Å². The summed E-state index contributed by atoms with van der Waals surface area (Å²) < 4.78 is 0. The molecule has 0 bridgehead atoms. The molecule has 3 saturated carbocycles. The molecule has 4 rings (SSSR count). The van der Waals surface area contributed by atoms with E-state index in [4.69, 9.17) is 0 Å². The zero-order chi connectivity index (χ0) is 36.0. The van der Waals surface area contributed by atoms with E-state index in [9.17, 15) is 33.9 Å². The molecule has 5 N–H and O–H groups in total. The first-order chi connectivity index (χ1) is 23.1. The molecular weight excluding hydrogens is 626 g/mol. The topological polar surface area (TPSA) is 174 Å². The SMILES string of the molecule is CCC[C@H](NC(=O)[C@@H]1C[C@@H]2CCCC[C@@H]2N1C(=O)[C@@H](NC(=O)[C@@H](NC(=O)[C@@H](O)C(C)C)C1CCCCC1)C(C)(C)C)C(=O)C(=O)NC1CC1. The number of hydrogen-bond donors (Lipinski definition) is 5. The van der Waals surface area contributed by atoms with Crippen molar-refractivity contribution in [2.75, 3.05) is 0 Å². The van der Waals surface area contributed by atoms with Gasteiger partial charge < -0.3 is 31.3 Å². The molecule has 0 aromatic heterocycles. The van der Waals surface area contributed by atoms with E-state index in [1.54, 1.807) is 18.7 Å². The van der Waals surface area contributed by atoms with Gasteiger partial charge in [-0.2, -0.15) is 0 Å². The minimum absolute atomic E-state index is 0.0105. The Kier molecular flexibility index (Phi) is 13.3. The summed E-state index contributed by atoms with van der Waals surface area (Å²) in [4.78, 5) is 83.4. The monoisotopic (exact) mass is 687 g/mol. The number of hydrogen-bond acceptors (Lipinski definition) is 7. The molecule has 1 aliphatic heterocycles. The summed E-state index contributed by atoms with van der Waals surface area (Å²) in [7, 11) is 0. The van der Waals surface area contributed by atoms with E-state index >= 15 is 0 Å². The number of Topliss-reactive ketones (excluding diaryl/α,β-unsaturated/α-hetero) is 1. The van der Waals surface area contributed by atoms with Gasteiger partial charge in [0.15, 0.2) is 0 Å². The molecule has 1 heterocycles. The van der Waals surface area contributed by atoms with Crippen molar-refractivity contribution in [3.05, 3.63) is 0 Å². The summed E-state index contributed by atoms with van der Waals surface area (Å²) in [5.74, 6) is -3.62. The second-order valence-corrected chi connectivity index (χ2v) is 16.5. The minimum atomic E-state index is -1.27. The highest BCUT2D eigenvalue weighted by Crippen LogP contribution is 2.41. The zero-order valence-electron chi connectivity index (χ0n) is 30.5. The zero-order valence-corrected chi connectivity index (χ0v) is 30.5. The third kappa shape index (κ3) is 9.82. The molecule has 4 aliphatic rings. The Bertz CT molecular complexity index is 1220. The number of nitrogens with one attached hydrogen (secondary N) is 4.